The summed E-state index contributed by atoms with van der Waals surface area (Å²) in [7, 11) is 0. The number of nitrogens with zero attached hydrogens (tertiary/aromatic N) is 4. The minimum absolute atomic E-state index is 0.0774. The number of fused-ring (bicyclic) bond motifs is 1. The third kappa shape index (κ3) is 1.74. The van der Waals surface area contributed by atoms with Gasteiger partial charge in [0, 0.05) is 23.4 Å². The van der Waals surface area contributed by atoms with E-state index in [2.05, 4.69) is 10.0 Å². The number of amides is 1. The lowest BCUT2D eigenvalue weighted by Crippen LogP contribution is -2.34. The van der Waals surface area contributed by atoms with Gasteiger partial charge in [0.15, 0.2) is 0 Å². The minimum atomic E-state index is -0.125. The van der Waals surface area contributed by atoms with Crippen LogP contribution in [0.1, 0.15) is 19.3 Å². The van der Waals surface area contributed by atoms with Crippen LogP contribution in [0.2, 0.25) is 0 Å². The van der Waals surface area contributed by atoms with Crippen LogP contribution >= 0.6 is 0 Å². The highest BCUT2D eigenvalue weighted by Crippen LogP contribution is 2.48. The Hall–Kier alpha value is -1.26. The number of azide groups is 1. The summed E-state index contributed by atoms with van der Waals surface area (Å²) in [5.41, 5.74) is 8.09. The van der Waals surface area contributed by atoms with Crippen LogP contribution in [0.3, 0.4) is 0 Å². The Morgan fingerprint density at radius 3 is 3.12 bits per heavy atom. The summed E-state index contributed by atoms with van der Waals surface area (Å²) in [5.74, 6) is 0.299. The minimum Gasteiger partial charge on any atom is -0.396 e. The molecular weight excluding hydrogens is 208 g/mol. The van der Waals surface area contributed by atoms with Crippen LogP contribution in [-0.4, -0.2) is 42.2 Å². The van der Waals surface area contributed by atoms with E-state index in [1.54, 1.807) is 4.90 Å². The second-order valence-corrected chi connectivity index (χ2v) is 4.77. The lowest BCUT2D eigenvalue weighted by Gasteiger charge is -2.25. The predicted octanol–water partition coefficient (Wildman–Crippen LogP) is 0.918. The van der Waals surface area contributed by atoms with Crippen LogP contribution in [0.5, 0.6) is 0 Å². The molecule has 1 saturated heterocycles. The normalized spacial score (nSPS) is 32.3. The summed E-state index contributed by atoms with van der Waals surface area (Å²) in [6.45, 7) is 1.38. The lowest BCUT2D eigenvalue weighted by atomic mass is 9.82. The molecule has 6 nitrogen and oxygen atoms in total. The number of aliphatic hydroxyl groups excluding tert-OH is 1. The van der Waals surface area contributed by atoms with Gasteiger partial charge < -0.3 is 10.0 Å². The van der Waals surface area contributed by atoms with Crippen molar-refractivity contribution < 1.29 is 9.90 Å². The average Bonchev–Trinajstić information content (AvgIpc) is 2.82. The van der Waals surface area contributed by atoms with Crippen molar-refractivity contribution in [2.75, 3.05) is 26.2 Å². The van der Waals surface area contributed by atoms with Crippen LogP contribution in [0.25, 0.3) is 10.4 Å². The predicted molar refractivity (Wildman–Crippen MR) is 57.5 cm³/mol. The molecule has 1 saturated carbocycles. The zero-order valence-electron chi connectivity index (χ0n) is 9.17. The first-order chi connectivity index (χ1) is 7.72. The molecule has 0 bridgehead atoms. The molecule has 6 heteroatoms. The molecule has 2 atom stereocenters. The van der Waals surface area contributed by atoms with Gasteiger partial charge >= 0.3 is 0 Å². The molecule has 0 aromatic carbocycles. The van der Waals surface area contributed by atoms with Crippen molar-refractivity contribution in [3.8, 4) is 0 Å². The van der Waals surface area contributed by atoms with Gasteiger partial charge in [-0.25, -0.2) is 0 Å². The molecule has 0 radical (unpaired) electrons. The smallest absolute Gasteiger partial charge is 0.228 e. The van der Waals surface area contributed by atoms with Crippen LogP contribution in [0, 0.1) is 11.3 Å². The molecule has 2 aliphatic rings. The van der Waals surface area contributed by atoms with Crippen LogP contribution in [-0.2, 0) is 4.79 Å². The summed E-state index contributed by atoms with van der Waals surface area (Å²) in [4.78, 5) is 16.0. The Balaban J connectivity index is 2.02. The Morgan fingerprint density at radius 1 is 1.69 bits per heavy atom. The summed E-state index contributed by atoms with van der Waals surface area (Å²) in [6, 6.07) is 0. The van der Waals surface area contributed by atoms with Gasteiger partial charge in [0.25, 0.3) is 0 Å². The zero-order valence-corrected chi connectivity index (χ0v) is 9.17. The van der Waals surface area contributed by atoms with E-state index in [4.69, 9.17) is 5.53 Å². The topological polar surface area (TPSA) is 89.3 Å². The van der Waals surface area contributed by atoms with Crippen molar-refractivity contribution in [2.24, 2.45) is 16.4 Å². The molecule has 2 rings (SSSR count). The maximum Gasteiger partial charge on any atom is 0.228 e. The number of likely N-dealkylation sites (tertiary alicyclic amines) is 1. The Morgan fingerprint density at radius 2 is 2.50 bits per heavy atom. The first-order valence-corrected chi connectivity index (χ1v) is 5.61. The third-order valence-electron chi connectivity index (χ3n) is 3.98. The van der Waals surface area contributed by atoms with E-state index < -0.39 is 0 Å². The molecular formula is C10H16N4O2. The van der Waals surface area contributed by atoms with Crippen molar-refractivity contribution in [3.05, 3.63) is 10.4 Å². The summed E-state index contributed by atoms with van der Waals surface area (Å²) in [6.07, 6.45) is 3.23. The molecule has 0 aromatic heterocycles. The van der Waals surface area contributed by atoms with Crippen LogP contribution in [0.15, 0.2) is 5.11 Å². The van der Waals surface area contributed by atoms with E-state index in [0.29, 0.717) is 19.0 Å². The average molecular weight is 224 g/mol. The second kappa shape index (κ2) is 4.31. The van der Waals surface area contributed by atoms with E-state index in [1.165, 1.54) is 0 Å². The fraction of sp³-hybridized carbons (Fsp3) is 0.900. The highest BCUT2D eigenvalue weighted by molar-refractivity contribution is 5.78. The maximum absolute atomic E-state index is 11.7. The van der Waals surface area contributed by atoms with E-state index in [-0.39, 0.29) is 24.5 Å². The third-order valence-corrected chi connectivity index (χ3v) is 3.98. The lowest BCUT2D eigenvalue weighted by molar-refractivity contribution is -0.129. The fourth-order valence-electron chi connectivity index (χ4n) is 3.05. The number of carbonyl (C=O) groups is 1. The van der Waals surface area contributed by atoms with Crippen molar-refractivity contribution in [1.29, 1.82) is 0 Å². The number of aliphatic hydroxyl groups is 1. The molecule has 0 spiro atoms. The monoisotopic (exact) mass is 224 g/mol. The Bertz CT molecular complexity index is 340. The van der Waals surface area contributed by atoms with E-state index in [0.717, 1.165) is 19.3 Å². The van der Waals surface area contributed by atoms with Gasteiger partial charge in [0.05, 0.1) is 6.61 Å². The van der Waals surface area contributed by atoms with Crippen molar-refractivity contribution in [3.63, 3.8) is 0 Å². The van der Waals surface area contributed by atoms with Crippen LogP contribution < -0.4 is 0 Å². The van der Waals surface area contributed by atoms with E-state index in [1.807, 2.05) is 0 Å². The second-order valence-electron chi connectivity index (χ2n) is 4.77. The van der Waals surface area contributed by atoms with Crippen LogP contribution in [0.4, 0.5) is 0 Å². The van der Waals surface area contributed by atoms with Gasteiger partial charge in [0.2, 0.25) is 5.91 Å². The largest absolute Gasteiger partial charge is 0.396 e. The molecule has 16 heavy (non-hydrogen) atoms. The maximum atomic E-state index is 11.7. The van der Waals surface area contributed by atoms with Gasteiger partial charge in [-0.05, 0) is 24.3 Å². The van der Waals surface area contributed by atoms with Gasteiger partial charge in [0.1, 0.15) is 6.54 Å². The molecule has 1 heterocycles. The molecule has 2 unspecified atom stereocenters. The van der Waals surface area contributed by atoms with E-state index >= 15 is 0 Å². The van der Waals surface area contributed by atoms with Crippen molar-refractivity contribution >= 4 is 5.91 Å². The standard InChI is InChI=1S/C10H16N4O2/c11-13-12-4-9(16)14-5-8-2-1-3-10(8,6-14)7-15/h8,15H,1-7H2. The summed E-state index contributed by atoms with van der Waals surface area (Å²) >= 11 is 0. The molecule has 1 aliphatic heterocycles. The van der Waals surface area contributed by atoms with Gasteiger partial charge in [-0.3, -0.25) is 4.79 Å². The molecule has 1 amide bonds. The number of hydrogen-bond donors (Lipinski definition) is 1. The number of hydrogen-bond acceptors (Lipinski definition) is 3. The number of carbonyl (C=O) groups excluding carboxylic acids is 1. The number of rotatable bonds is 3. The molecule has 1 aliphatic carbocycles. The molecule has 1 N–H and O–H groups in total. The summed E-state index contributed by atoms with van der Waals surface area (Å²) < 4.78 is 0. The summed E-state index contributed by atoms with van der Waals surface area (Å²) in [5, 5.41) is 12.8. The quantitative estimate of drug-likeness (QED) is 0.438. The highest BCUT2D eigenvalue weighted by atomic mass is 16.3. The highest BCUT2D eigenvalue weighted by Gasteiger charge is 2.49. The van der Waals surface area contributed by atoms with Gasteiger partial charge in [-0.2, -0.15) is 0 Å². The SMILES string of the molecule is [N-]=[N+]=NCC(=O)N1CC2CCCC2(CO)C1. The van der Waals surface area contributed by atoms with E-state index in [9.17, 15) is 9.90 Å². The Kier molecular flexibility index (Phi) is 3.03. The molecule has 0 aromatic rings. The van der Waals surface area contributed by atoms with Gasteiger partial charge in [-0.15, -0.1) is 0 Å². The Labute approximate surface area is 93.9 Å². The molecule has 2 fully saturated rings. The van der Waals surface area contributed by atoms with Crippen molar-refractivity contribution in [1.82, 2.24) is 4.90 Å². The van der Waals surface area contributed by atoms with Gasteiger partial charge in [-0.1, -0.05) is 11.5 Å². The fourth-order valence-corrected chi connectivity index (χ4v) is 3.05. The molecule has 88 valence electrons. The first kappa shape index (κ1) is 11.2. The van der Waals surface area contributed by atoms with Crippen molar-refractivity contribution in [2.45, 2.75) is 19.3 Å². The zero-order chi connectivity index (χ0) is 11.6. The first-order valence-electron chi connectivity index (χ1n) is 5.61.